The molecule has 0 spiro atoms. The van der Waals surface area contributed by atoms with Crippen molar-refractivity contribution in [2.45, 2.75) is 11.8 Å². The van der Waals surface area contributed by atoms with E-state index in [0.29, 0.717) is 17.5 Å². The molecule has 0 saturated carbocycles. The van der Waals surface area contributed by atoms with Gasteiger partial charge in [0.2, 0.25) is 0 Å². The normalized spacial score (nSPS) is 10.3. The third-order valence-corrected chi connectivity index (χ3v) is 4.34. The standard InChI is InChI=1S/C19H14ClN3OS/c1-25-19-22-17(16(11-21)18(20)23-19)14-7-9-15(10-8-14)24-12-13-5-3-2-4-6-13/h2-10H,12H2,1H3. The van der Waals surface area contributed by atoms with Gasteiger partial charge in [0.1, 0.15) is 24.0 Å². The van der Waals surface area contributed by atoms with E-state index < -0.39 is 0 Å². The minimum atomic E-state index is 0.168. The van der Waals surface area contributed by atoms with Crippen LogP contribution in [0.2, 0.25) is 5.15 Å². The lowest BCUT2D eigenvalue weighted by molar-refractivity contribution is 0.306. The van der Waals surface area contributed by atoms with E-state index in [-0.39, 0.29) is 10.7 Å². The first-order valence-corrected chi connectivity index (χ1v) is 9.10. The summed E-state index contributed by atoms with van der Waals surface area (Å²) in [4.78, 5) is 8.52. The number of nitriles is 1. The van der Waals surface area contributed by atoms with Crippen LogP contribution in [0.15, 0.2) is 59.8 Å². The minimum absolute atomic E-state index is 0.168. The molecule has 0 saturated heterocycles. The molecule has 0 fully saturated rings. The van der Waals surface area contributed by atoms with Crippen molar-refractivity contribution in [3.05, 3.63) is 70.9 Å². The molecule has 0 atom stereocenters. The van der Waals surface area contributed by atoms with Crippen molar-refractivity contribution in [3.8, 4) is 23.1 Å². The van der Waals surface area contributed by atoms with Crippen LogP contribution in [-0.4, -0.2) is 16.2 Å². The molecular weight excluding hydrogens is 354 g/mol. The Kier molecular flexibility index (Phi) is 5.54. The fraction of sp³-hybridized carbons (Fsp3) is 0.105. The predicted molar refractivity (Wildman–Crippen MR) is 99.7 cm³/mol. The van der Waals surface area contributed by atoms with E-state index in [2.05, 4.69) is 16.0 Å². The number of halogens is 1. The Morgan fingerprint density at radius 1 is 1.08 bits per heavy atom. The van der Waals surface area contributed by atoms with Crippen molar-refractivity contribution in [2.24, 2.45) is 0 Å². The molecule has 25 heavy (non-hydrogen) atoms. The Bertz CT molecular complexity index is 908. The van der Waals surface area contributed by atoms with E-state index in [0.717, 1.165) is 16.9 Å². The van der Waals surface area contributed by atoms with Gasteiger partial charge in [0.05, 0.1) is 5.69 Å². The maximum atomic E-state index is 9.34. The average Bonchev–Trinajstić information content (AvgIpc) is 2.67. The highest BCUT2D eigenvalue weighted by Crippen LogP contribution is 2.29. The van der Waals surface area contributed by atoms with Gasteiger partial charge in [0.15, 0.2) is 10.3 Å². The second-order valence-corrected chi connectivity index (χ2v) is 6.27. The summed E-state index contributed by atoms with van der Waals surface area (Å²) in [7, 11) is 0. The Balaban J connectivity index is 1.83. The number of nitrogens with zero attached hydrogens (tertiary/aromatic N) is 3. The molecule has 4 nitrogen and oxygen atoms in total. The summed E-state index contributed by atoms with van der Waals surface area (Å²) in [5, 5.41) is 10.0. The van der Waals surface area contributed by atoms with Crippen LogP contribution in [-0.2, 0) is 6.61 Å². The topological polar surface area (TPSA) is 58.8 Å². The molecule has 0 radical (unpaired) electrons. The Morgan fingerprint density at radius 2 is 1.80 bits per heavy atom. The zero-order chi connectivity index (χ0) is 17.6. The first-order chi connectivity index (χ1) is 12.2. The molecule has 1 aromatic heterocycles. The van der Waals surface area contributed by atoms with E-state index >= 15 is 0 Å². The minimum Gasteiger partial charge on any atom is -0.489 e. The number of benzene rings is 2. The van der Waals surface area contributed by atoms with Crippen molar-refractivity contribution < 1.29 is 4.74 Å². The van der Waals surface area contributed by atoms with Gasteiger partial charge in [0, 0.05) is 5.56 Å². The number of hydrogen-bond donors (Lipinski definition) is 0. The van der Waals surface area contributed by atoms with Crippen LogP contribution >= 0.6 is 23.4 Å². The molecule has 1 heterocycles. The molecule has 6 heteroatoms. The van der Waals surface area contributed by atoms with Crippen molar-refractivity contribution in [3.63, 3.8) is 0 Å². The van der Waals surface area contributed by atoms with Crippen LogP contribution in [0.3, 0.4) is 0 Å². The second-order valence-electron chi connectivity index (χ2n) is 5.14. The SMILES string of the molecule is CSc1nc(Cl)c(C#N)c(-c2ccc(OCc3ccccc3)cc2)n1. The van der Waals surface area contributed by atoms with E-state index in [1.54, 1.807) is 0 Å². The van der Waals surface area contributed by atoms with Crippen molar-refractivity contribution in [2.75, 3.05) is 6.26 Å². The van der Waals surface area contributed by atoms with Gasteiger partial charge in [-0.3, -0.25) is 0 Å². The third kappa shape index (κ3) is 4.11. The Hall–Kier alpha value is -2.55. The van der Waals surface area contributed by atoms with Gasteiger partial charge in [0.25, 0.3) is 0 Å². The van der Waals surface area contributed by atoms with Crippen LogP contribution < -0.4 is 4.74 Å². The Morgan fingerprint density at radius 3 is 2.44 bits per heavy atom. The summed E-state index contributed by atoms with van der Waals surface area (Å²) < 4.78 is 5.78. The molecule has 0 aliphatic carbocycles. The number of rotatable bonds is 5. The lowest BCUT2D eigenvalue weighted by Crippen LogP contribution is -1.97. The van der Waals surface area contributed by atoms with Gasteiger partial charge >= 0.3 is 0 Å². The molecule has 0 bridgehead atoms. The highest BCUT2D eigenvalue weighted by molar-refractivity contribution is 7.98. The predicted octanol–water partition coefficient (Wildman–Crippen LogP) is 4.97. The van der Waals surface area contributed by atoms with Gasteiger partial charge < -0.3 is 4.74 Å². The van der Waals surface area contributed by atoms with Crippen molar-refractivity contribution >= 4 is 23.4 Å². The molecular formula is C19H14ClN3OS. The van der Waals surface area contributed by atoms with E-state index in [1.165, 1.54) is 11.8 Å². The third-order valence-electron chi connectivity index (χ3n) is 3.51. The average molecular weight is 368 g/mol. The van der Waals surface area contributed by atoms with Gasteiger partial charge in [-0.25, -0.2) is 9.97 Å². The molecule has 124 valence electrons. The fourth-order valence-electron chi connectivity index (χ4n) is 2.26. The summed E-state index contributed by atoms with van der Waals surface area (Å²) in [5.74, 6) is 0.747. The summed E-state index contributed by atoms with van der Waals surface area (Å²) in [5.41, 5.74) is 2.70. The molecule has 0 amide bonds. The second kappa shape index (κ2) is 8.02. The smallest absolute Gasteiger partial charge is 0.189 e. The first-order valence-electron chi connectivity index (χ1n) is 7.50. The monoisotopic (exact) mass is 367 g/mol. The number of aromatic nitrogens is 2. The van der Waals surface area contributed by atoms with Gasteiger partial charge in [-0.2, -0.15) is 5.26 Å². The molecule has 2 aromatic carbocycles. The number of thioether (sulfide) groups is 1. The highest BCUT2D eigenvalue weighted by Gasteiger charge is 2.14. The summed E-state index contributed by atoms with van der Waals surface area (Å²) >= 11 is 7.48. The lowest BCUT2D eigenvalue weighted by atomic mass is 10.1. The fourth-order valence-corrected chi connectivity index (χ4v) is 2.89. The van der Waals surface area contributed by atoms with Crippen molar-refractivity contribution in [1.29, 1.82) is 5.26 Å². The van der Waals surface area contributed by atoms with E-state index in [4.69, 9.17) is 16.3 Å². The summed E-state index contributed by atoms with van der Waals surface area (Å²) in [6, 6.07) is 19.5. The molecule has 0 N–H and O–H groups in total. The van der Waals surface area contributed by atoms with Gasteiger partial charge in [-0.15, -0.1) is 0 Å². The quantitative estimate of drug-likeness (QED) is 0.362. The van der Waals surface area contributed by atoms with Crippen LogP contribution in [0.25, 0.3) is 11.3 Å². The van der Waals surface area contributed by atoms with Crippen LogP contribution in [0.1, 0.15) is 11.1 Å². The maximum absolute atomic E-state index is 9.34. The maximum Gasteiger partial charge on any atom is 0.189 e. The highest BCUT2D eigenvalue weighted by atomic mass is 35.5. The molecule has 0 unspecified atom stereocenters. The largest absolute Gasteiger partial charge is 0.489 e. The molecule has 3 aromatic rings. The summed E-state index contributed by atoms with van der Waals surface area (Å²) in [6.07, 6.45) is 1.86. The van der Waals surface area contributed by atoms with Crippen LogP contribution in [0.4, 0.5) is 0 Å². The number of ether oxygens (including phenoxy) is 1. The number of hydrogen-bond acceptors (Lipinski definition) is 5. The zero-order valence-corrected chi connectivity index (χ0v) is 15.0. The molecule has 0 aliphatic heterocycles. The van der Waals surface area contributed by atoms with E-state index in [9.17, 15) is 5.26 Å². The molecule has 0 aliphatic rings. The van der Waals surface area contributed by atoms with E-state index in [1.807, 2.05) is 60.9 Å². The van der Waals surface area contributed by atoms with Crippen LogP contribution in [0, 0.1) is 11.3 Å². The van der Waals surface area contributed by atoms with Crippen LogP contribution in [0.5, 0.6) is 5.75 Å². The van der Waals surface area contributed by atoms with Gasteiger partial charge in [-0.1, -0.05) is 53.7 Å². The zero-order valence-electron chi connectivity index (χ0n) is 13.4. The summed E-state index contributed by atoms with van der Waals surface area (Å²) in [6.45, 7) is 0.500. The lowest BCUT2D eigenvalue weighted by Gasteiger charge is -2.09. The first kappa shape index (κ1) is 17.3. The van der Waals surface area contributed by atoms with Crippen molar-refractivity contribution in [1.82, 2.24) is 9.97 Å². The molecule has 3 rings (SSSR count). The van der Waals surface area contributed by atoms with Gasteiger partial charge in [-0.05, 0) is 36.1 Å². The Labute approximate surface area is 155 Å².